The Hall–Kier alpha value is -3.80. The lowest BCUT2D eigenvalue weighted by Crippen LogP contribution is -2.15. The number of hydrogen-bond donors (Lipinski definition) is 2. The summed E-state index contributed by atoms with van der Waals surface area (Å²) in [6, 6.07) is 23.2. The van der Waals surface area contributed by atoms with Gasteiger partial charge in [0.25, 0.3) is 0 Å². The van der Waals surface area contributed by atoms with Gasteiger partial charge in [0.05, 0.1) is 28.4 Å². The predicted octanol–water partition coefficient (Wildman–Crippen LogP) is 7.49. The van der Waals surface area contributed by atoms with Crippen molar-refractivity contribution in [3.8, 4) is 11.1 Å². The quantitative estimate of drug-likeness (QED) is 0.254. The maximum absolute atomic E-state index is 12.9. The Morgan fingerprint density at radius 3 is 2.66 bits per heavy atom. The Morgan fingerprint density at radius 2 is 1.86 bits per heavy atom. The minimum atomic E-state index is -0.0943. The van der Waals surface area contributed by atoms with Crippen LogP contribution >= 0.6 is 23.2 Å². The monoisotopic (exact) mass is 500 g/mol. The van der Waals surface area contributed by atoms with Crippen LogP contribution in [-0.4, -0.2) is 22.9 Å². The van der Waals surface area contributed by atoms with E-state index < -0.39 is 0 Å². The molecule has 0 saturated heterocycles. The molecule has 0 aliphatic rings. The van der Waals surface area contributed by atoms with Gasteiger partial charge in [-0.25, -0.2) is 0 Å². The fourth-order valence-electron chi connectivity index (χ4n) is 4.15. The molecule has 3 aromatic carbocycles. The number of pyridine rings is 1. The Bertz CT molecular complexity index is 1510. The highest BCUT2D eigenvalue weighted by Crippen LogP contribution is 2.38. The summed E-state index contributed by atoms with van der Waals surface area (Å²) in [6.07, 6.45) is 5.69. The molecule has 0 unspecified atom stereocenters. The minimum absolute atomic E-state index is 0.0943. The molecule has 0 saturated carbocycles. The van der Waals surface area contributed by atoms with E-state index >= 15 is 0 Å². The summed E-state index contributed by atoms with van der Waals surface area (Å²) in [6.45, 7) is 0. The standard InChI is InChI=1S/C28H22Cl2N4O/c1-34(21-5-4-12-31-17-21)27-11-9-20(15-23(27)18-8-10-24(29)25(30)13-18)33-28(35)14-19-16-32-26-7-3-2-6-22(19)26/h2-13,15-17,32H,14H2,1H3,(H,33,35). The third kappa shape index (κ3) is 4.87. The van der Waals surface area contributed by atoms with E-state index in [1.165, 1.54) is 0 Å². The van der Waals surface area contributed by atoms with Crippen molar-refractivity contribution in [1.82, 2.24) is 9.97 Å². The first-order valence-corrected chi connectivity index (χ1v) is 11.8. The number of nitrogens with one attached hydrogen (secondary N) is 2. The number of H-pyrrole nitrogens is 1. The Kier molecular flexibility index (Phi) is 6.45. The van der Waals surface area contributed by atoms with Gasteiger partial charge in [-0.2, -0.15) is 0 Å². The lowest BCUT2D eigenvalue weighted by Gasteiger charge is -2.23. The Labute approximate surface area is 213 Å². The first-order valence-electron chi connectivity index (χ1n) is 11.1. The molecule has 5 nitrogen and oxygen atoms in total. The molecule has 5 rings (SSSR count). The first-order chi connectivity index (χ1) is 17.0. The molecule has 5 aromatic rings. The average Bonchev–Trinajstić information content (AvgIpc) is 3.28. The predicted molar refractivity (Wildman–Crippen MR) is 145 cm³/mol. The van der Waals surface area contributed by atoms with Gasteiger partial charge >= 0.3 is 0 Å². The van der Waals surface area contributed by atoms with Gasteiger partial charge in [-0.05, 0) is 59.7 Å². The molecule has 0 atom stereocenters. The van der Waals surface area contributed by atoms with Crippen LogP contribution in [0.2, 0.25) is 10.0 Å². The number of benzene rings is 3. The van der Waals surface area contributed by atoms with Crippen LogP contribution in [0.5, 0.6) is 0 Å². The van der Waals surface area contributed by atoms with Crippen molar-refractivity contribution in [2.45, 2.75) is 6.42 Å². The first kappa shape index (κ1) is 23.0. The third-order valence-electron chi connectivity index (χ3n) is 5.93. The zero-order valence-electron chi connectivity index (χ0n) is 18.9. The number of para-hydroxylation sites is 1. The number of aromatic nitrogens is 2. The number of fused-ring (bicyclic) bond motifs is 1. The average molecular weight is 501 g/mol. The van der Waals surface area contributed by atoms with Crippen LogP contribution in [0.1, 0.15) is 5.56 Å². The van der Waals surface area contributed by atoms with E-state index in [4.69, 9.17) is 23.2 Å². The van der Waals surface area contributed by atoms with Crippen LogP contribution in [-0.2, 0) is 11.2 Å². The molecule has 1 amide bonds. The van der Waals surface area contributed by atoms with Gasteiger partial charge in [0.2, 0.25) is 5.91 Å². The second kappa shape index (κ2) is 9.82. The maximum atomic E-state index is 12.9. The van der Waals surface area contributed by atoms with E-state index in [1.807, 2.05) is 84.9 Å². The highest BCUT2D eigenvalue weighted by atomic mass is 35.5. The van der Waals surface area contributed by atoms with Crippen molar-refractivity contribution in [3.63, 3.8) is 0 Å². The smallest absolute Gasteiger partial charge is 0.228 e. The molecular formula is C28H22Cl2N4O. The fourth-order valence-corrected chi connectivity index (χ4v) is 4.45. The summed E-state index contributed by atoms with van der Waals surface area (Å²) in [7, 11) is 1.97. The summed E-state index contributed by atoms with van der Waals surface area (Å²) >= 11 is 12.5. The van der Waals surface area contributed by atoms with Gasteiger partial charge in [-0.3, -0.25) is 9.78 Å². The number of halogens is 2. The van der Waals surface area contributed by atoms with E-state index in [2.05, 4.69) is 15.3 Å². The lowest BCUT2D eigenvalue weighted by molar-refractivity contribution is -0.115. The molecule has 2 N–H and O–H groups in total. The zero-order valence-corrected chi connectivity index (χ0v) is 20.4. The normalized spacial score (nSPS) is 10.9. The van der Waals surface area contributed by atoms with Gasteiger partial charge in [-0.15, -0.1) is 0 Å². The number of anilines is 3. The van der Waals surface area contributed by atoms with Crippen LogP contribution in [0.15, 0.2) is 91.4 Å². The van der Waals surface area contributed by atoms with Gasteiger partial charge in [0.1, 0.15) is 0 Å². The van der Waals surface area contributed by atoms with Crippen molar-refractivity contribution in [3.05, 3.63) is 107 Å². The Balaban J connectivity index is 1.47. The van der Waals surface area contributed by atoms with E-state index in [1.54, 1.807) is 18.5 Å². The number of aromatic amines is 1. The number of carbonyl (C=O) groups is 1. The molecule has 35 heavy (non-hydrogen) atoms. The summed E-state index contributed by atoms with van der Waals surface area (Å²) in [5, 5.41) is 5.05. The summed E-state index contributed by atoms with van der Waals surface area (Å²) in [4.78, 5) is 22.4. The molecular weight excluding hydrogens is 479 g/mol. The van der Waals surface area contributed by atoms with Gasteiger partial charge in [0, 0.05) is 47.3 Å². The lowest BCUT2D eigenvalue weighted by atomic mass is 10.0. The number of carbonyl (C=O) groups excluding carboxylic acids is 1. The number of amides is 1. The highest BCUT2D eigenvalue weighted by Gasteiger charge is 2.15. The van der Waals surface area contributed by atoms with Crippen molar-refractivity contribution >= 4 is 57.1 Å². The molecule has 0 spiro atoms. The summed E-state index contributed by atoms with van der Waals surface area (Å²) in [5.41, 5.74) is 6.32. The summed E-state index contributed by atoms with van der Waals surface area (Å²) in [5.74, 6) is -0.0943. The second-order valence-electron chi connectivity index (χ2n) is 8.22. The molecule has 174 valence electrons. The molecule has 0 aliphatic heterocycles. The van der Waals surface area contributed by atoms with Crippen LogP contribution in [0.25, 0.3) is 22.0 Å². The van der Waals surface area contributed by atoms with Crippen molar-refractivity contribution in [2.75, 3.05) is 17.3 Å². The van der Waals surface area contributed by atoms with Crippen LogP contribution in [0, 0.1) is 0 Å². The van der Waals surface area contributed by atoms with Gasteiger partial charge in [-0.1, -0.05) is 47.5 Å². The molecule has 0 aliphatic carbocycles. The van der Waals surface area contributed by atoms with Crippen LogP contribution in [0.3, 0.4) is 0 Å². The minimum Gasteiger partial charge on any atom is -0.361 e. The third-order valence-corrected chi connectivity index (χ3v) is 6.67. The number of rotatable bonds is 6. The molecule has 0 bridgehead atoms. The van der Waals surface area contributed by atoms with E-state index in [0.29, 0.717) is 15.7 Å². The zero-order chi connectivity index (χ0) is 24.4. The van der Waals surface area contributed by atoms with Crippen molar-refractivity contribution in [2.24, 2.45) is 0 Å². The van der Waals surface area contributed by atoms with E-state index in [9.17, 15) is 4.79 Å². The highest BCUT2D eigenvalue weighted by molar-refractivity contribution is 6.42. The number of nitrogens with zero attached hydrogens (tertiary/aromatic N) is 2. The number of hydrogen-bond acceptors (Lipinski definition) is 3. The molecule has 0 radical (unpaired) electrons. The molecule has 2 aromatic heterocycles. The fraction of sp³-hybridized carbons (Fsp3) is 0.0714. The molecule has 0 fully saturated rings. The van der Waals surface area contributed by atoms with Crippen molar-refractivity contribution < 1.29 is 4.79 Å². The van der Waals surface area contributed by atoms with Crippen LogP contribution in [0.4, 0.5) is 17.1 Å². The molecule has 2 heterocycles. The summed E-state index contributed by atoms with van der Waals surface area (Å²) < 4.78 is 0. The largest absolute Gasteiger partial charge is 0.361 e. The maximum Gasteiger partial charge on any atom is 0.228 e. The van der Waals surface area contributed by atoms with Gasteiger partial charge in [0.15, 0.2) is 0 Å². The second-order valence-corrected chi connectivity index (χ2v) is 9.03. The van der Waals surface area contributed by atoms with E-state index in [0.717, 1.165) is 39.0 Å². The van der Waals surface area contributed by atoms with Gasteiger partial charge < -0.3 is 15.2 Å². The van der Waals surface area contributed by atoms with Crippen LogP contribution < -0.4 is 10.2 Å². The SMILES string of the molecule is CN(c1cccnc1)c1ccc(NC(=O)Cc2c[nH]c3ccccc23)cc1-c1ccc(Cl)c(Cl)c1. The van der Waals surface area contributed by atoms with E-state index in [-0.39, 0.29) is 12.3 Å². The Morgan fingerprint density at radius 1 is 1.00 bits per heavy atom. The topological polar surface area (TPSA) is 61.0 Å². The van der Waals surface area contributed by atoms with Crippen molar-refractivity contribution in [1.29, 1.82) is 0 Å². The molecule has 7 heteroatoms.